The van der Waals surface area contributed by atoms with Crippen LogP contribution < -0.4 is 0 Å². The molecule has 0 aromatic heterocycles. The van der Waals surface area contributed by atoms with Crippen molar-refractivity contribution in [2.45, 2.75) is 25.9 Å². The third kappa shape index (κ3) is 2.69. The smallest absolute Gasteiger partial charge is 0.337 e. The van der Waals surface area contributed by atoms with Crippen LogP contribution in [0.5, 0.6) is 0 Å². The molecular formula is C20H16N2O4. The summed E-state index contributed by atoms with van der Waals surface area (Å²) in [6.07, 6.45) is 0. The summed E-state index contributed by atoms with van der Waals surface area (Å²) in [6, 6.07) is 14.0. The molecule has 26 heavy (non-hydrogen) atoms. The minimum atomic E-state index is -0.519. The number of benzene rings is 2. The molecule has 2 aliphatic heterocycles. The van der Waals surface area contributed by atoms with Gasteiger partial charge in [0.05, 0.1) is 0 Å². The summed E-state index contributed by atoms with van der Waals surface area (Å²) in [6.45, 7) is 3.39. The Morgan fingerprint density at radius 2 is 1.00 bits per heavy atom. The minimum Gasteiger partial charge on any atom is -0.406 e. The fourth-order valence-corrected chi connectivity index (χ4v) is 2.93. The lowest BCUT2D eigenvalue weighted by atomic mass is 9.95. The summed E-state index contributed by atoms with van der Waals surface area (Å²) in [5.74, 6) is -0.143. The minimum absolute atomic E-state index is 0.298. The van der Waals surface area contributed by atoms with Gasteiger partial charge in [-0.15, -0.1) is 0 Å². The molecule has 6 heteroatoms. The first-order valence-electron chi connectivity index (χ1n) is 8.33. The molecule has 0 saturated carbocycles. The van der Waals surface area contributed by atoms with Crippen molar-refractivity contribution in [1.82, 2.24) is 0 Å². The first-order chi connectivity index (χ1) is 12.5. The molecule has 0 amide bonds. The highest BCUT2D eigenvalue weighted by molar-refractivity contribution is 6.13. The van der Waals surface area contributed by atoms with Crippen LogP contribution in [0.4, 0.5) is 0 Å². The third-order valence-corrected chi connectivity index (χ3v) is 4.30. The summed E-state index contributed by atoms with van der Waals surface area (Å²) in [5, 5.41) is 0. The van der Waals surface area contributed by atoms with E-state index in [1.54, 1.807) is 13.8 Å². The van der Waals surface area contributed by atoms with E-state index in [1.165, 1.54) is 0 Å². The average Bonchev–Trinajstić information content (AvgIpc) is 3.17. The number of carbonyl (C=O) groups is 2. The normalized spacial score (nSPS) is 21.9. The summed E-state index contributed by atoms with van der Waals surface area (Å²) < 4.78 is 10.6. The van der Waals surface area contributed by atoms with Crippen LogP contribution in [0.1, 0.15) is 25.0 Å². The zero-order valence-corrected chi connectivity index (χ0v) is 14.3. The highest BCUT2D eigenvalue weighted by Crippen LogP contribution is 2.31. The largest absolute Gasteiger partial charge is 0.406 e. The number of rotatable bonds is 3. The van der Waals surface area contributed by atoms with E-state index in [0.717, 1.165) is 11.1 Å². The Morgan fingerprint density at radius 1 is 0.654 bits per heavy atom. The predicted molar refractivity (Wildman–Crippen MR) is 96.1 cm³/mol. The molecule has 2 heterocycles. The van der Waals surface area contributed by atoms with Crippen molar-refractivity contribution in [1.29, 1.82) is 0 Å². The summed E-state index contributed by atoms with van der Waals surface area (Å²) in [5.41, 5.74) is 3.05. The van der Waals surface area contributed by atoms with Gasteiger partial charge < -0.3 is 9.47 Å². The summed E-state index contributed by atoms with van der Waals surface area (Å²) >= 11 is 0. The zero-order chi connectivity index (χ0) is 18.3. The van der Waals surface area contributed by atoms with Crippen molar-refractivity contribution in [3.63, 3.8) is 0 Å². The topological polar surface area (TPSA) is 77.3 Å². The molecule has 0 aliphatic carbocycles. The van der Waals surface area contributed by atoms with Crippen LogP contribution in [0, 0.1) is 0 Å². The fourth-order valence-electron chi connectivity index (χ4n) is 2.93. The zero-order valence-electron chi connectivity index (χ0n) is 14.3. The highest BCUT2D eigenvalue weighted by atomic mass is 16.6. The van der Waals surface area contributed by atoms with Crippen LogP contribution in [0.15, 0.2) is 58.5 Å². The van der Waals surface area contributed by atoms with E-state index in [9.17, 15) is 9.59 Å². The summed E-state index contributed by atoms with van der Waals surface area (Å²) in [4.78, 5) is 32.1. The van der Waals surface area contributed by atoms with Gasteiger partial charge >= 0.3 is 11.9 Å². The van der Waals surface area contributed by atoms with Crippen molar-refractivity contribution in [3.8, 4) is 11.1 Å². The van der Waals surface area contributed by atoms with Gasteiger partial charge in [-0.2, -0.15) is 0 Å². The Morgan fingerprint density at radius 3 is 1.31 bits per heavy atom. The third-order valence-electron chi connectivity index (χ3n) is 4.30. The van der Waals surface area contributed by atoms with Gasteiger partial charge in [0, 0.05) is 11.1 Å². The molecule has 0 fully saturated rings. The van der Waals surface area contributed by atoms with E-state index < -0.39 is 12.1 Å². The lowest BCUT2D eigenvalue weighted by Gasteiger charge is -2.12. The standard InChI is InChI=1S/C20H16N2O4/c1-11-19(23)25-17(21-11)15-9-5-3-7-13(15)14-8-4-6-10-16(14)18-22-12(2)20(24)26-18/h3-12H,1-2H3. The molecule has 0 bridgehead atoms. The Labute approximate surface area is 150 Å². The van der Waals surface area contributed by atoms with Gasteiger partial charge in [0.2, 0.25) is 11.8 Å². The van der Waals surface area contributed by atoms with Crippen LogP contribution in [0.2, 0.25) is 0 Å². The van der Waals surface area contributed by atoms with E-state index in [2.05, 4.69) is 9.98 Å². The van der Waals surface area contributed by atoms with Crippen molar-refractivity contribution >= 4 is 23.7 Å². The maximum Gasteiger partial charge on any atom is 0.337 e. The number of esters is 2. The van der Waals surface area contributed by atoms with E-state index in [1.807, 2.05) is 48.5 Å². The van der Waals surface area contributed by atoms with Crippen molar-refractivity contribution in [2.24, 2.45) is 9.98 Å². The fraction of sp³-hybridized carbons (Fsp3) is 0.200. The van der Waals surface area contributed by atoms with Crippen LogP contribution in [0.25, 0.3) is 11.1 Å². The molecule has 2 atom stereocenters. The lowest BCUT2D eigenvalue weighted by Crippen LogP contribution is -2.12. The van der Waals surface area contributed by atoms with Gasteiger partial charge in [0.15, 0.2) is 0 Å². The first-order valence-corrected chi connectivity index (χ1v) is 8.33. The molecule has 0 radical (unpaired) electrons. The SMILES string of the molecule is CC1N=C(c2ccccc2-c2ccccc2C2=NC(C)C(=O)O2)OC1=O. The molecule has 6 nitrogen and oxygen atoms in total. The van der Waals surface area contributed by atoms with Gasteiger partial charge in [-0.1, -0.05) is 36.4 Å². The van der Waals surface area contributed by atoms with E-state index in [0.29, 0.717) is 22.9 Å². The molecule has 0 spiro atoms. The lowest BCUT2D eigenvalue weighted by molar-refractivity contribution is -0.135. The Kier molecular flexibility index (Phi) is 3.88. The van der Waals surface area contributed by atoms with E-state index in [4.69, 9.17) is 9.47 Å². The monoisotopic (exact) mass is 348 g/mol. The van der Waals surface area contributed by atoms with Crippen molar-refractivity contribution < 1.29 is 19.1 Å². The molecule has 2 aromatic carbocycles. The Bertz CT molecular complexity index is 898. The number of nitrogens with zero attached hydrogens (tertiary/aromatic N) is 2. The van der Waals surface area contributed by atoms with Crippen molar-refractivity contribution in [2.75, 3.05) is 0 Å². The van der Waals surface area contributed by atoms with Crippen LogP contribution in [-0.4, -0.2) is 35.8 Å². The maximum atomic E-state index is 11.7. The van der Waals surface area contributed by atoms with Gasteiger partial charge in [0.25, 0.3) is 0 Å². The number of cyclic esters (lactones) is 2. The van der Waals surface area contributed by atoms with Gasteiger partial charge in [-0.25, -0.2) is 19.6 Å². The average molecular weight is 348 g/mol. The molecule has 2 unspecified atom stereocenters. The number of aliphatic imine (C=N–C) groups is 2. The molecular weight excluding hydrogens is 332 g/mol. The van der Waals surface area contributed by atoms with Crippen molar-refractivity contribution in [3.05, 3.63) is 59.7 Å². The predicted octanol–water partition coefficient (Wildman–Crippen LogP) is 2.74. The second kappa shape index (κ2) is 6.22. The van der Waals surface area contributed by atoms with Gasteiger partial charge in [0.1, 0.15) is 12.1 Å². The van der Waals surface area contributed by atoms with Crippen LogP contribution in [0.3, 0.4) is 0 Å². The van der Waals surface area contributed by atoms with Crippen LogP contribution >= 0.6 is 0 Å². The number of hydrogen-bond acceptors (Lipinski definition) is 6. The Balaban J connectivity index is 1.84. The van der Waals surface area contributed by atoms with Gasteiger partial charge in [-0.05, 0) is 37.1 Å². The molecule has 0 saturated heterocycles. The Hall–Kier alpha value is -3.28. The molecule has 130 valence electrons. The van der Waals surface area contributed by atoms with Crippen LogP contribution in [-0.2, 0) is 19.1 Å². The quantitative estimate of drug-likeness (QED) is 0.799. The molecule has 2 aromatic rings. The molecule has 4 rings (SSSR count). The van der Waals surface area contributed by atoms with Gasteiger partial charge in [-0.3, -0.25) is 0 Å². The molecule has 0 N–H and O–H groups in total. The number of ether oxygens (including phenoxy) is 2. The van der Waals surface area contributed by atoms with E-state index >= 15 is 0 Å². The molecule has 2 aliphatic rings. The second-order valence-corrected chi connectivity index (χ2v) is 6.15. The number of hydrogen-bond donors (Lipinski definition) is 0. The maximum absolute atomic E-state index is 11.7. The first kappa shape index (κ1) is 16.2. The van der Waals surface area contributed by atoms with E-state index in [-0.39, 0.29) is 11.9 Å². The number of carbonyl (C=O) groups excluding carboxylic acids is 2. The highest BCUT2D eigenvalue weighted by Gasteiger charge is 2.30. The summed E-state index contributed by atoms with van der Waals surface area (Å²) in [7, 11) is 0. The second-order valence-electron chi connectivity index (χ2n) is 6.15.